The first kappa shape index (κ1) is 14.5. The Morgan fingerprint density at radius 2 is 1.89 bits per heavy atom. The van der Waals surface area contributed by atoms with Crippen LogP contribution in [0.2, 0.25) is 0 Å². The predicted molar refractivity (Wildman–Crippen MR) is 73.1 cm³/mol. The van der Waals surface area contributed by atoms with Crippen LogP contribution in [0.15, 0.2) is 24.3 Å². The minimum atomic E-state index is -0.684. The van der Waals surface area contributed by atoms with Crippen molar-refractivity contribution in [1.29, 1.82) is 0 Å². The Balaban J connectivity index is 0.00000162. The van der Waals surface area contributed by atoms with E-state index in [4.69, 9.17) is 5.73 Å². The number of carbonyl (C=O) groups excluding carboxylic acids is 2. The van der Waals surface area contributed by atoms with Gasteiger partial charge in [-0.2, -0.15) is 0 Å². The topological polar surface area (TPSA) is 66.6 Å². The number of anilines is 2. The number of rotatable bonds is 0. The van der Waals surface area contributed by atoms with Gasteiger partial charge in [0.1, 0.15) is 6.04 Å². The van der Waals surface area contributed by atoms with E-state index in [1.54, 1.807) is 18.0 Å². The molecule has 1 aliphatic rings. The van der Waals surface area contributed by atoms with Gasteiger partial charge in [-0.25, -0.2) is 0 Å². The first-order valence-corrected chi connectivity index (χ1v) is 5.42. The zero-order valence-electron chi connectivity index (χ0n) is 10.3. The summed E-state index contributed by atoms with van der Waals surface area (Å²) in [5.74, 6) is -0.294. The number of para-hydroxylation sites is 2. The SMILES string of the molecule is CC(=O)N1C[C@H](N)C(=O)N(C)c2ccccc21.Cl. The van der Waals surface area contributed by atoms with Gasteiger partial charge in [-0.3, -0.25) is 9.59 Å². The van der Waals surface area contributed by atoms with Gasteiger partial charge in [-0.1, -0.05) is 12.1 Å². The lowest BCUT2D eigenvalue weighted by Gasteiger charge is -2.22. The Labute approximate surface area is 112 Å². The van der Waals surface area contributed by atoms with Crippen molar-refractivity contribution in [1.82, 2.24) is 0 Å². The molecule has 2 rings (SSSR count). The van der Waals surface area contributed by atoms with Crippen molar-refractivity contribution in [2.45, 2.75) is 13.0 Å². The van der Waals surface area contributed by atoms with Crippen molar-refractivity contribution < 1.29 is 9.59 Å². The quantitative estimate of drug-likeness (QED) is 0.756. The summed E-state index contributed by atoms with van der Waals surface area (Å²) in [6, 6.07) is 6.61. The molecule has 1 heterocycles. The molecule has 18 heavy (non-hydrogen) atoms. The van der Waals surface area contributed by atoms with Crippen LogP contribution < -0.4 is 15.5 Å². The van der Waals surface area contributed by atoms with Crippen LogP contribution in [0.25, 0.3) is 0 Å². The Kier molecular flexibility index (Phi) is 4.32. The monoisotopic (exact) mass is 269 g/mol. The van der Waals surface area contributed by atoms with E-state index in [1.807, 2.05) is 18.2 Å². The fourth-order valence-corrected chi connectivity index (χ4v) is 2.01. The molecule has 5 nitrogen and oxygen atoms in total. The normalized spacial score (nSPS) is 18.8. The molecular weight excluding hydrogens is 254 g/mol. The molecule has 2 N–H and O–H groups in total. The van der Waals surface area contributed by atoms with Crippen LogP contribution in [0.5, 0.6) is 0 Å². The number of amides is 2. The maximum Gasteiger partial charge on any atom is 0.245 e. The number of nitrogens with two attached hydrogens (primary N) is 1. The summed E-state index contributed by atoms with van der Waals surface area (Å²) in [6.07, 6.45) is 0. The highest BCUT2D eigenvalue weighted by atomic mass is 35.5. The molecule has 0 bridgehead atoms. The van der Waals surface area contributed by atoms with Crippen LogP contribution in [-0.2, 0) is 9.59 Å². The van der Waals surface area contributed by atoms with Gasteiger partial charge < -0.3 is 15.5 Å². The minimum absolute atomic E-state index is 0. The molecule has 0 spiro atoms. The molecule has 98 valence electrons. The summed E-state index contributed by atoms with van der Waals surface area (Å²) in [7, 11) is 1.67. The number of carbonyl (C=O) groups is 2. The number of fused-ring (bicyclic) bond motifs is 1. The van der Waals surface area contributed by atoms with Crippen LogP contribution in [-0.4, -0.2) is 31.4 Å². The summed E-state index contributed by atoms with van der Waals surface area (Å²) >= 11 is 0. The zero-order chi connectivity index (χ0) is 12.6. The van der Waals surface area contributed by atoms with Crippen LogP contribution in [0.3, 0.4) is 0 Å². The van der Waals surface area contributed by atoms with Crippen LogP contribution in [0.1, 0.15) is 6.92 Å². The van der Waals surface area contributed by atoms with Gasteiger partial charge in [-0.15, -0.1) is 12.4 Å². The summed E-state index contributed by atoms with van der Waals surface area (Å²) in [6.45, 7) is 1.69. The number of hydrogen-bond acceptors (Lipinski definition) is 3. The molecule has 0 unspecified atom stereocenters. The van der Waals surface area contributed by atoms with Crippen molar-refractivity contribution in [2.24, 2.45) is 5.73 Å². The number of likely N-dealkylation sites (N-methyl/N-ethyl adjacent to an activating group) is 1. The first-order valence-electron chi connectivity index (χ1n) is 5.42. The highest BCUT2D eigenvalue weighted by Crippen LogP contribution is 2.31. The largest absolute Gasteiger partial charge is 0.318 e. The van der Waals surface area contributed by atoms with Gasteiger partial charge in [0.15, 0.2) is 0 Å². The molecule has 1 aromatic rings. The van der Waals surface area contributed by atoms with Crippen molar-refractivity contribution in [3.05, 3.63) is 24.3 Å². The molecule has 0 aliphatic carbocycles. The minimum Gasteiger partial charge on any atom is -0.318 e. The molecule has 0 radical (unpaired) electrons. The van der Waals surface area contributed by atoms with Crippen molar-refractivity contribution in [3.63, 3.8) is 0 Å². The second-order valence-electron chi connectivity index (χ2n) is 4.12. The standard InChI is InChI=1S/C12H15N3O2.ClH/c1-8(16)15-7-9(13)12(17)14(2)10-5-3-4-6-11(10)15;/h3-6,9H,7,13H2,1-2H3;1H/t9-;/m0./s1. The number of halogens is 1. The Hall–Kier alpha value is -1.59. The molecule has 1 atom stereocenters. The molecule has 1 aliphatic heterocycles. The number of benzene rings is 1. The fourth-order valence-electron chi connectivity index (χ4n) is 2.01. The lowest BCUT2D eigenvalue weighted by molar-refractivity contribution is -0.119. The van der Waals surface area contributed by atoms with E-state index in [2.05, 4.69) is 0 Å². The summed E-state index contributed by atoms with van der Waals surface area (Å²) in [5.41, 5.74) is 7.23. The molecule has 0 saturated heterocycles. The van der Waals surface area contributed by atoms with Crippen LogP contribution in [0, 0.1) is 0 Å². The lowest BCUT2D eigenvalue weighted by Crippen LogP contribution is -2.47. The van der Waals surface area contributed by atoms with E-state index < -0.39 is 6.04 Å². The second kappa shape index (κ2) is 5.37. The molecule has 6 heteroatoms. The molecular formula is C12H16ClN3O2. The molecule has 0 aromatic heterocycles. The van der Waals surface area contributed by atoms with Gasteiger partial charge in [0.2, 0.25) is 11.8 Å². The third kappa shape index (κ3) is 2.32. The Morgan fingerprint density at radius 3 is 2.44 bits per heavy atom. The van der Waals surface area contributed by atoms with Crippen LogP contribution >= 0.6 is 12.4 Å². The highest BCUT2D eigenvalue weighted by molar-refractivity contribution is 6.06. The summed E-state index contributed by atoms with van der Waals surface area (Å²) in [4.78, 5) is 26.6. The molecule has 1 aromatic carbocycles. The maximum atomic E-state index is 11.9. The van der Waals surface area contributed by atoms with Gasteiger partial charge in [0, 0.05) is 14.0 Å². The van der Waals surface area contributed by atoms with E-state index in [0.717, 1.165) is 5.69 Å². The number of nitrogens with zero attached hydrogens (tertiary/aromatic N) is 2. The van der Waals surface area contributed by atoms with Gasteiger partial charge in [0.05, 0.1) is 17.9 Å². The first-order chi connectivity index (χ1) is 8.02. The third-order valence-corrected chi connectivity index (χ3v) is 2.94. The predicted octanol–water partition coefficient (Wildman–Crippen LogP) is 0.765. The molecule has 0 fully saturated rings. The molecule has 0 saturated carbocycles. The van der Waals surface area contributed by atoms with Crippen molar-refractivity contribution in [2.75, 3.05) is 23.4 Å². The average molecular weight is 270 g/mol. The number of hydrogen-bond donors (Lipinski definition) is 1. The van der Waals surface area contributed by atoms with Gasteiger partial charge in [0.25, 0.3) is 0 Å². The van der Waals surface area contributed by atoms with Gasteiger partial charge in [-0.05, 0) is 12.1 Å². The van der Waals surface area contributed by atoms with E-state index in [-0.39, 0.29) is 30.8 Å². The fraction of sp³-hybridized carbons (Fsp3) is 0.333. The highest BCUT2D eigenvalue weighted by Gasteiger charge is 2.30. The average Bonchev–Trinajstić information content (AvgIpc) is 2.41. The summed E-state index contributed by atoms with van der Waals surface area (Å²) < 4.78 is 0. The lowest BCUT2D eigenvalue weighted by atomic mass is 10.2. The van der Waals surface area contributed by atoms with Crippen molar-refractivity contribution in [3.8, 4) is 0 Å². The van der Waals surface area contributed by atoms with Crippen molar-refractivity contribution >= 4 is 35.6 Å². The van der Waals surface area contributed by atoms with Gasteiger partial charge >= 0.3 is 0 Å². The molecule has 2 amide bonds. The Morgan fingerprint density at radius 1 is 1.33 bits per heavy atom. The van der Waals surface area contributed by atoms with Crippen LogP contribution in [0.4, 0.5) is 11.4 Å². The second-order valence-corrected chi connectivity index (χ2v) is 4.12. The summed E-state index contributed by atoms with van der Waals surface area (Å²) in [5, 5.41) is 0. The van der Waals surface area contributed by atoms with E-state index >= 15 is 0 Å². The Bertz CT molecular complexity index is 478. The smallest absolute Gasteiger partial charge is 0.245 e. The van der Waals surface area contributed by atoms with E-state index in [9.17, 15) is 9.59 Å². The maximum absolute atomic E-state index is 11.9. The van der Waals surface area contributed by atoms with E-state index in [1.165, 1.54) is 11.8 Å². The zero-order valence-corrected chi connectivity index (χ0v) is 11.1. The van der Waals surface area contributed by atoms with E-state index in [0.29, 0.717) is 5.69 Å². The third-order valence-electron chi connectivity index (χ3n) is 2.94.